The summed E-state index contributed by atoms with van der Waals surface area (Å²) in [5.41, 5.74) is 2.75. The van der Waals surface area contributed by atoms with Crippen molar-refractivity contribution in [3.8, 4) is 10.6 Å². The minimum Gasteiger partial charge on any atom is -0.341 e. The average Bonchev–Trinajstić information content (AvgIpc) is 3.58. The highest BCUT2D eigenvalue weighted by molar-refractivity contribution is 7.16. The summed E-state index contributed by atoms with van der Waals surface area (Å²) in [5.74, 6) is 0.670. The van der Waals surface area contributed by atoms with E-state index in [1.165, 1.54) is 17.5 Å². The van der Waals surface area contributed by atoms with Crippen LogP contribution in [0.1, 0.15) is 71.9 Å². The molecule has 2 fully saturated rings. The van der Waals surface area contributed by atoms with E-state index < -0.39 is 5.82 Å². The summed E-state index contributed by atoms with van der Waals surface area (Å²) in [4.78, 5) is 27.7. The standard InChI is InChI=1S/C27H32FN7OS/c1-15(2)35-11-7-17(8-12-35)19-5-6-20(33-32-19)30-26-29-13-18(28)22(31-26)23-16(3)21-24(37-23)27(9-10-27)14-34(4)25(21)36/h5-6,13,15,17H,7-12,14H2,1-4H3,(H,29,30,31,33). The smallest absolute Gasteiger partial charge is 0.255 e. The van der Waals surface area contributed by atoms with Crippen LogP contribution in [0.2, 0.25) is 0 Å². The third-order valence-electron chi connectivity index (χ3n) is 8.14. The number of amides is 1. The van der Waals surface area contributed by atoms with Gasteiger partial charge in [0, 0.05) is 35.8 Å². The van der Waals surface area contributed by atoms with E-state index in [0.717, 1.165) is 67.0 Å². The molecule has 194 valence electrons. The molecule has 8 nitrogen and oxygen atoms in total. The average molecular weight is 522 g/mol. The minimum absolute atomic E-state index is 0.00517. The van der Waals surface area contributed by atoms with Gasteiger partial charge in [0.05, 0.1) is 22.3 Å². The van der Waals surface area contributed by atoms with Crippen LogP contribution in [0.5, 0.6) is 0 Å². The second-order valence-electron chi connectivity index (χ2n) is 11.0. The molecule has 0 radical (unpaired) electrons. The molecule has 5 heterocycles. The van der Waals surface area contributed by atoms with Crippen LogP contribution in [-0.2, 0) is 5.41 Å². The van der Waals surface area contributed by atoms with Gasteiger partial charge < -0.3 is 15.1 Å². The second-order valence-corrected chi connectivity index (χ2v) is 12.0. The van der Waals surface area contributed by atoms with E-state index in [0.29, 0.717) is 22.7 Å². The molecule has 1 spiro atoms. The molecule has 0 unspecified atom stereocenters. The highest BCUT2D eigenvalue weighted by atomic mass is 32.1. The summed E-state index contributed by atoms with van der Waals surface area (Å²) in [5, 5.41) is 11.9. The number of hydrogen-bond acceptors (Lipinski definition) is 8. The van der Waals surface area contributed by atoms with Crippen LogP contribution in [0.15, 0.2) is 18.3 Å². The Kier molecular flexibility index (Phi) is 5.99. The molecule has 37 heavy (non-hydrogen) atoms. The first-order valence-electron chi connectivity index (χ1n) is 13.0. The van der Waals surface area contributed by atoms with Gasteiger partial charge in [0.1, 0.15) is 5.69 Å². The Labute approximate surface area is 220 Å². The van der Waals surface area contributed by atoms with Gasteiger partial charge in [-0.2, -0.15) is 5.10 Å². The highest BCUT2D eigenvalue weighted by Gasteiger charge is 2.53. The van der Waals surface area contributed by atoms with E-state index in [4.69, 9.17) is 0 Å². The summed E-state index contributed by atoms with van der Waals surface area (Å²) < 4.78 is 15.0. The van der Waals surface area contributed by atoms with Gasteiger partial charge in [-0.1, -0.05) is 0 Å². The lowest BCUT2D eigenvalue weighted by molar-refractivity contribution is 0.0760. The number of anilines is 2. The van der Waals surface area contributed by atoms with E-state index in [2.05, 4.69) is 44.2 Å². The Bertz CT molecular complexity index is 1340. The van der Waals surface area contributed by atoms with E-state index in [1.807, 2.05) is 26.1 Å². The van der Waals surface area contributed by atoms with Crippen LogP contribution >= 0.6 is 11.3 Å². The van der Waals surface area contributed by atoms with Gasteiger partial charge in [-0.05, 0) is 77.2 Å². The number of fused-ring (bicyclic) bond motifs is 2. The van der Waals surface area contributed by atoms with E-state index in [-0.39, 0.29) is 23.0 Å². The molecule has 3 aromatic heterocycles. The molecule has 1 saturated heterocycles. The summed E-state index contributed by atoms with van der Waals surface area (Å²) >= 11 is 1.50. The Balaban J connectivity index is 1.23. The number of piperidine rings is 1. The fourth-order valence-corrected chi connectivity index (χ4v) is 7.26. The number of carbonyl (C=O) groups excluding carboxylic acids is 1. The maximum atomic E-state index is 15.0. The van der Waals surface area contributed by atoms with Gasteiger partial charge in [-0.15, -0.1) is 16.4 Å². The van der Waals surface area contributed by atoms with Crippen molar-refractivity contribution >= 4 is 29.0 Å². The maximum Gasteiger partial charge on any atom is 0.255 e. The monoisotopic (exact) mass is 521 g/mol. The molecular weight excluding hydrogens is 489 g/mol. The van der Waals surface area contributed by atoms with Crippen molar-refractivity contribution < 1.29 is 9.18 Å². The molecule has 1 aliphatic carbocycles. The van der Waals surface area contributed by atoms with Crippen molar-refractivity contribution in [3.05, 3.63) is 45.8 Å². The van der Waals surface area contributed by atoms with Gasteiger partial charge in [-0.25, -0.2) is 14.4 Å². The second kappa shape index (κ2) is 9.09. The largest absolute Gasteiger partial charge is 0.341 e. The lowest BCUT2D eigenvalue weighted by Crippen LogP contribution is -2.40. The first kappa shape index (κ1) is 24.4. The van der Waals surface area contributed by atoms with E-state index in [1.54, 1.807) is 4.90 Å². The topological polar surface area (TPSA) is 87.1 Å². The quantitative estimate of drug-likeness (QED) is 0.511. The molecule has 0 aromatic carbocycles. The number of likely N-dealkylation sites (N-methyl/N-ethyl adjacent to an activating group) is 1. The third kappa shape index (κ3) is 4.29. The zero-order chi connectivity index (χ0) is 25.9. The van der Waals surface area contributed by atoms with Crippen molar-refractivity contribution in [2.75, 3.05) is 32.0 Å². The number of nitrogens with zero attached hydrogens (tertiary/aromatic N) is 6. The maximum absolute atomic E-state index is 15.0. The molecule has 0 atom stereocenters. The molecule has 1 N–H and O–H groups in total. The van der Waals surface area contributed by atoms with Crippen molar-refractivity contribution in [3.63, 3.8) is 0 Å². The van der Waals surface area contributed by atoms with Crippen molar-refractivity contribution in [2.45, 2.75) is 63.8 Å². The van der Waals surface area contributed by atoms with Crippen LogP contribution < -0.4 is 5.32 Å². The molecule has 2 aliphatic heterocycles. The number of carbonyl (C=O) groups is 1. The number of nitrogens with one attached hydrogen (secondary N) is 1. The van der Waals surface area contributed by atoms with Crippen LogP contribution in [0, 0.1) is 12.7 Å². The Morgan fingerprint density at radius 3 is 2.59 bits per heavy atom. The van der Waals surface area contributed by atoms with E-state index in [9.17, 15) is 9.18 Å². The third-order valence-corrected chi connectivity index (χ3v) is 9.69. The highest BCUT2D eigenvalue weighted by Crippen LogP contribution is 2.57. The molecule has 0 bridgehead atoms. The predicted octanol–water partition coefficient (Wildman–Crippen LogP) is 4.89. The molecule has 3 aliphatic rings. The molecule has 1 amide bonds. The van der Waals surface area contributed by atoms with Crippen LogP contribution in [0.4, 0.5) is 16.2 Å². The normalized spacial score (nSPS) is 19.5. The fourth-order valence-electron chi connectivity index (χ4n) is 5.73. The van der Waals surface area contributed by atoms with Gasteiger partial charge >= 0.3 is 0 Å². The number of thiophene rings is 1. The molecular formula is C27H32FN7OS. The fraction of sp³-hybridized carbons (Fsp3) is 0.519. The Hall–Kier alpha value is -2.98. The first-order chi connectivity index (χ1) is 17.8. The molecule has 10 heteroatoms. The van der Waals surface area contributed by atoms with Crippen LogP contribution in [-0.4, -0.2) is 68.6 Å². The van der Waals surface area contributed by atoms with Crippen molar-refractivity contribution in [2.24, 2.45) is 0 Å². The van der Waals surface area contributed by atoms with Gasteiger partial charge in [0.15, 0.2) is 11.6 Å². The number of aromatic nitrogens is 4. The number of likely N-dealkylation sites (tertiary alicyclic amines) is 1. The van der Waals surface area contributed by atoms with Crippen LogP contribution in [0.3, 0.4) is 0 Å². The summed E-state index contributed by atoms with van der Waals surface area (Å²) in [6.07, 6.45) is 5.44. The zero-order valence-electron chi connectivity index (χ0n) is 21.7. The van der Waals surface area contributed by atoms with Gasteiger partial charge in [0.25, 0.3) is 5.91 Å². The van der Waals surface area contributed by atoms with Gasteiger partial charge in [-0.3, -0.25) is 4.79 Å². The van der Waals surface area contributed by atoms with Crippen molar-refractivity contribution in [1.29, 1.82) is 0 Å². The lowest BCUT2D eigenvalue weighted by atomic mass is 9.92. The summed E-state index contributed by atoms with van der Waals surface area (Å²) in [7, 11) is 1.84. The first-order valence-corrected chi connectivity index (χ1v) is 13.8. The molecule has 1 saturated carbocycles. The molecule has 6 rings (SSSR count). The SMILES string of the molecule is Cc1c(-c2nc(Nc3ccc(C4CCN(C(C)C)CC4)nn3)ncc2F)sc2c1C(=O)N(C)CC21CC1. The van der Waals surface area contributed by atoms with Crippen molar-refractivity contribution in [1.82, 2.24) is 30.0 Å². The summed E-state index contributed by atoms with van der Waals surface area (Å²) in [6.45, 7) is 9.24. The Morgan fingerprint density at radius 2 is 1.95 bits per heavy atom. The lowest BCUT2D eigenvalue weighted by Gasteiger charge is -2.34. The van der Waals surface area contributed by atoms with Gasteiger partial charge in [0.2, 0.25) is 5.95 Å². The minimum atomic E-state index is -0.507. The van der Waals surface area contributed by atoms with E-state index >= 15 is 0 Å². The summed E-state index contributed by atoms with van der Waals surface area (Å²) in [6, 6.07) is 4.45. The van der Waals surface area contributed by atoms with Crippen LogP contribution in [0.25, 0.3) is 10.6 Å². The number of halogens is 1. The predicted molar refractivity (Wildman–Crippen MR) is 142 cm³/mol. The Morgan fingerprint density at radius 1 is 1.19 bits per heavy atom. The molecule has 3 aromatic rings. The zero-order valence-corrected chi connectivity index (χ0v) is 22.5. The number of hydrogen-bond donors (Lipinski definition) is 1. The number of rotatable bonds is 5.